The van der Waals surface area contributed by atoms with Crippen molar-refractivity contribution in [2.24, 2.45) is 12.5 Å². The van der Waals surface area contributed by atoms with Crippen LogP contribution in [0.15, 0.2) is 17.1 Å². The first-order chi connectivity index (χ1) is 11.3. The molecule has 1 saturated carbocycles. The molecule has 1 amide bonds. The van der Waals surface area contributed by atoms with Gasteiger partial charge in [0.1, 0.15) is 0 Å². The van der Waals surface area contributed by atoms with Gasteiger partial charge >= 0.3 is 0 Å². The van der Waals surface area contributed by atoms with Gasteiger partial charge in [0.25, 0.3) is 11.5 Å². The summed E-state index contributed by atoms with van der Waals surface area (Å²) in [6, 6.07) is 0. The Balaban J connectivity index is 2.22. The van der Waals surface area contributed by atoms with Gasteiger partial charge in [0.15, 0.2) is 0 Å². The number of aromatic nitrogens is 1. The predicted octanol–water partition coefficient (Wildman–Crippen LogP) is 2.84. The van der Waals surface area contributed by atoms with Gasteiger partial charge in [-0.1, -0.05) is 19.4 Å². The first kappa shape index (κ1) is 18.3. The number of amides is 1. The second kappa shape index (κ2) is 7.24. The molecule has 0 aromatic carbocycles. The molecule has 0 radical (unpaired) electrons. The van der Waals surface area contributed by atoms with Gasteiger partial charge in [0.2, 0.25) is 0 Å². The van der Waals surface area contributed by atoms with Gasteiger partial charge < -0.3 is 15.2 Å². The van der Waals surface area contributed by atoms with Crippen LogP contribution in [0, 0.1) is 12.3 Å². The maximum Gasteiger partial charge on any atom is 0.260 e. The van der Waals surface area contributed by atoms with Crippen molar-refractivity contribution >= 4 is 17.2 Å². The average Bonchev–Trinajstić information content (AvgIpc) is 2.51. The minimum absolute atomic E-state index is 0.167. The minimum Gasteiger partial charge on any atom is -0.387 e. The zero-order valence-corrected chi connectivity index (χ0v) is 15.5. The molecule has 0 unspecified atom stereocenters. The lowest BCUT2D eigenvalue weighted by Gasteiger charge is -2.38. The monoisotopic (exact) mass is 331 g/mol. The Bertz CT molecular complexity index is 712. The van der Waals surface area contributed by atoms with Crippen molar-refractivity contribution in [3.63, 3.8) is 0 Å². The zero-order valence-electron chi connectivity index (χ0n) is 15.5. The van der Waals surface area contributed by atoms with Crippen LogP contribution in [0.3, 0.4) is 0 Å². The lowest BCUT2D eigenvalue weighted by Crippen LogP contribution is -2.34. The SMILES string of the molecule is C/C=C(/C(=O)NCCC1(C)CCC1)c1c(NC)c(C)cn(C)c1=O. The third kappa shape index (κ3) is 3.55. The van der Waals surface area contributed by atoms with Gasteiger partial charge in [-0.25, -0.2) is 0 Å². The molecule has 5 heteroatoms. The second-order valence-corrected chi connectivity index (χ2v) is 7.10. The highest BCUT2D eigenvalue weighted by atomic mass is 16.2. The Kier molecular flexibility index (Phi) is 5.52. The van der Waals surface area contributed by atoms with Crippen LogP contribution in [0.4, 0.5) is 5.69 Å². The van der Waals surface area contributed by atoms with Gasteiger partial charge in [0.05, 0.1) is 11.3 Å². The molecule has 0 spiro atoms. The van der Waals surface area contributed by atoms with Crippen LogP contribution in [0.2, 0.25) is 0 Å². The summed E-state index contributed by atoms with van der Waals surface area (Å²) in [6.07, 6.45) is 8.25. The normalized spacial score (nSPS) is 16.5. The molecular weight excluding hydrogens is 302 g/mol. The number of pyridine rings is 1. The lowest BCUT2D eigenvalue weighted by atomic mass is 9.68. The first-order valence-corrected chi connectivity index (χ1v) is 8.66. The summed E-state index contributed by atoms with van der Waals surface area (Å²) in [7, 11) is 3.48. The van der Waals surface area contributed by atoms with Gasteiger partial charge in [0, 0.05) is 32.4 Å². The van der Waals surface area contributed by atoms with Crippen LogP contribution in [0.25, 0.3) is 5.57 Å². The third-order valence-electron chi connectivity index (χ3n) is 5.19. The number of rotatable bonds is 6. The van der Waals surface area contributed by atoms with Gasteiger partial charge in [-0.2, -0.15) is 0 Å². The molecule has 1 aromatic rings. The lowest BCUT2D eigenvalue weighted by molar-refractivity contribution is -0.115. The molecule has 0 aliphatic heterocycles. The number of anilines is 1. The van der Waals surface area contributed by atoms with E-state index in [1.165, 1.54) is 23.8 Å². The van der Waals surface area contributed by atoms with Gasteiger partial charge in [-0.05, 0) is 44.1 Å². The molecule has 2 rings (SSSR count). The Morgan fingerprint density at radius 2 is 2.08 bits per heavy atom. The van der Waals surface area contributed by atoms with E-state index in [0.717, 1.165) is 12.0 Å². The van der Waals surface area contributed by atoms with E-state index in [1.54, 1.807) is 33.3 Å². The highest BCUT2D eigenvalue weighted by molar-refractivity contribution is 6.20. The summed E-state index contributed by atoms with van der Waals surface area (Å²) in [4.78, 5) is 25.3. The highest BCUT2D eigenvalue weighted by Gasteiger charge is 2.31. The molecule has 1 aromatic heterocycles. The zero-order chi connectivity index (χ0) is 17.9. The molecule has 1 aliphatic rings. The fraction of sp³-hybridized carbons (Fsp3) is 0.579. The van der Waals surface area contributed by atoms with E-state index >= 15 is 0 Å². The molecule has 24 heavy (non-hydrogen) atoms. The summed E-state index contributed by atoms with van der Waals surface area (Å²) in [6.45, 7) is 6.64. The van der Waals surface area contributed by atoms with Gasteiger partial charge in [-0.15, -0.1) is 0 Å². The topological polar surface area (TPSA) is 63.1 Å². The Labute approximate surface area is 144 Å². The number of nitrogens with one attached hydrogen (secondary N) is 2. The minimum atomic E-state index is -0.181. The molecule has 1 heterocycles. The van der Waals surface area contributed by atoms with E-state index in [2.05, 4.69) is 17.6 Å². The van der Waals surface area contributed by atoms with Crippen molar-refractivity contribution in [1.82, 2.24) is 9.88 Å². The van der Waals surface area contributed by atoms with Crippen molar-refractivity contribution in [3.8, 4) is 0 Å². The Morgan fingerprint density at radius 1 is 1.42 bits per heavy atom. The molecular formula is C19H29N3O2. The van der Waals surface area contributed by atoms with Gasteiger partial charge in [-0.3, -0.25) is 9.59 Å². The number of carbonyl (C=O) groups is 1. The predicted molar refractivity (Wildman–Crippen MR) is 99.2 cm³/mol. The molecule has 1 fully saturated rings. The maximum atomic E-state index is 12.7. The third-order valence-corrected chi connectivity index (χ3v) is 5.19. The van der Waals surface area contributed by atoms with E-state index in [4.69, 9.17) is 0 Å². The Hall–Kier alpha value is -2.04. The average molecular weight is 331 g/mol. The van der Waals surface area contributed by atoms with Crippen LogP contribution in [0.5, 0.6) is 0 Å². The summed E-state index contributed by atoms with van der Waals surface area (Å²) >= 11 is 0. The Morgan fingerprint density at radius 3 is 2.58 bits per heavy atom. The highest BCUT2D eigenvalue weighted by Crippen LogP contribution is 2.42. The number of allylic oxidation sites excluding steroid dienone is 1. The maximum absolute atomic E-state index is 12.7. The van der Waals surface area contributed by atoms with Crippen molar-refractivity contribution in [3.05, 3.63) is 33.8 Å². The molecule has 2 N–H and O–H groups in total. The number of aryl methyl sites for hydroxylation is 2. The largest absolute Gasteiger partial charge is 0.387 e. The second-order valence-electron chi connectivity index (χ2n) is 7.10. The number of nitrogens with zero attached hydrogens (tertiary/aromatic N) is 1. The quantitative estimate of drug-likeness (QED) is 0.788. The molecule has 0 atom stereocenters. The van der Waals surface area contributed by atoms with E-state index < -0.39 is 0 Å². The van der Waals surface area contributed by atoms with Crippen molar-refractivity contribution in [2.45, 2.75) is 46.5 Å². The first-order valence-electron chi connectivity index (χ1n) is 8.66. The van der Waals surface area contributed by atoms with Crippen LogP contribution < -0.4 is 16.2 Å². The smallest absolute Gasteiger partial charge is 0.260 e. The fourth-order valence-corrected chi connectivity index (χ4v) is 3.46. The number of hydrogen-bond acceptors (Lipinski definition) is 3. The van der Waals surface area contributed by atoms with Crippen molar-refractivity contribution < 1.29 is 4.79 Å². The number of carbonyl (C=O) groups excluding carboxylic acids is 1. The van der Waals surface area contributed by atoms with E-state index in [0.29, 0.717) is 28.8 Å². The molecule has 132 valence electrons. The van der Waals surface area contributed by atoms with Crippen molar-refractivity contribution in [2.75, 3.05) is 18.9 Å². The summed E-state index contributed by atoms with van der Waals surface area (Å²) in [5.41, 5.74) is 2.73. The summed E-state index contributed by atoms with van der Waals surface area (Å²) in [5, 5.41) is 6.06. The number of hydrogen-bond donors (Lipinski definition) is 2. The molecule has 0 bridgehead atoms. The van der Waals surface area contributed by atoms with Crippen LogP contribution in [-0.2, 0) is 11.8 Å². The molecule has 5 nitrogen and oxygen atoms in total. The molecule has 0 saturated heterocycles. The van der Waals surface area contributed by atoms with Crippen LogP contribution in [-0.4, -0.2) is 24.1 Å². The summed E-state index contributed by atoms with van der Waals surface area (Å²) < 4.78 is 1.53. The standard InChI is InChI=1S/C19H29N3O2/c1-6-14(17(23)21-11-10-19(3)8-7-9-19)15-16(20-4)13(2)12-22(5)18(15)24/h6,12,20H,7-11H2,1-5H3,(H,21,23)/b14-6+. The van der Waals surface area contributed by atoms with Crippen molar-refractivity contribution in [1.29, 1.82) is 0 Å². The molecule has 1 aliphatic carbocycles. The van der Waals surface area contributed by atoms with E-state index in [9.17, 15) is 9.59 Å². The van der Waals surface area contributed by atoms with Crippen LogP contribution in [0.1, 0.15) is 50.7 Å². The fourth-order valence-electron chi connectivity index (χ4n) is 3.46. The van der Waals surface area contributed by atoms with E-state index in [-0.39, 0.29) is 11.5 Å². The summed E-state index contributed by atoms with van der Waals surface area (Å²) in [5.74, 6) is -0.181. The van der Waals surface area contributed by atoms with E-state index in [1.807, 2.05) is 6.92 Å². The van der Waals surface area contributed by atoms with Crippen LogP contribution >= 0.6 is 0 Å².